The maximum atomic E-state index is 12.8. The molecule has 4 nitrogen and oxygen atoms in total. The lowest BCUT2D eigenvalue weighted by molar-refractivity contribution is -0.137. The molecule has 0 radical (unpaired) electrons. The topological polar surface area (TPSA) is 44.9 Å². The van der Waals surface area contributed by atoms with Crippen molar-refractivity contribution in [2.45, 2.75) is 25.1 Å². The van der Waals surface area contributed by atoms with Gasteiger partial charge in [0.15, 0.2) is 5.96 Å². The molecule has 0 bridgehead atoms. The van der Waals surface area contributed by atoms with Crippen molar-refractivity contribution in [3.63, 3.8) is 0 Å². The van der Waals surface area contributed by atoms with Gasteiger partial charge in [-0.15, -0.1) is 0 Å². The van der Waals surface area contributed by atoms with Crippen LogP contribution in [0.5, 0.6) is 0 Å². The van der Waals surface area contributed by atoms with Crippen molar-refractivity contribution in [2.75, 3.05) is 34.2 Å². The second kappa shape index (κ2) is 7.42. The zero-order valence-electron chi connectivity index (χ0n) is 14.3. The van der Waals surface area contributed by atoms with Crippen molar-refractivity contribution in [2.24, 2.45) is 16.6 Å². The van der Waals surface area contributed by atoms with E-state index in [9.17, 15) is 13.2 Å². The van der Waals surface area contributed by atoms with Crippen molar-refractivity contribution < 1.29 is 13.2 Å². The first-order chi connectivity index (χ1) is 11.2. The summed E-state index contributed by atoms with van der Waals surface area (Å²) in [5.74, 6) is 0.702. The monoisotopic (exact) mass is 342 g/mol. The molecule has 134 valence electrons. The number of nitrogens with two attached hydrogens (primary N) is 1. The lowest BCUT2D eigenvalue weighted by Gasteiger charge is -2.39. The van der Waals surface area contributed by atoms with E-state index in [2.05, 4.69) is 9.89 Å². The first-order valence-corrected chi connectivity index (χ1v) is 8.05. The van der Waals surface area contributed by atoms with E-state index in [-0.39, 0.29) is 12.0 Å². The Labute approximate surface area is 141 Å². The summed E-state index contributed by atoms with van der Waals surface area (Å²) < 4.78 is 38.3. The van der Waals surface area contributed by atoms with Crippen molar-refractivity contribution in [1.29, 1.82) is 0 Å². The number of rotatable bonds is 3. The van der Waals surface area contributed by atoms with Gasteiger partial charge in [-0.1, -0.05) is 12.1 Å². The van der Waals surface area contributed by atoms with Gasteiger partial charge in [-0.3, -0.25) is 9.89 Å². The van der Waals surface area contributed by atoms with Gasteiger partial charge in [-0.05, 0) is 50.0 Å². The molecule has 1 aliphatic rings. The van der Waals surface area contributed by atoms with Gasteiger partial charge < -0.3 is 10.6 Å². The molecule has 1 saturated heterocycles. The van der Waals surface area contributed by atoms with Crippen LogP contribution in [0.15, 0.2) is 29.3 Å². The van der Waals surface area contributed by atoms with E-state index in [1.165, 1.54) is 0 Å². The molecule has 2 atom stereocenters. The van der Waals surface area contributed by atoms with Gasteiger partial charge in [0.05, 0.1) is 5.56 Å². The second-order valence-electron chi connectivity index (χ2n) is 6.54. The number of halogens is 3. The molecule has 0 unspecified atom stereocenters. The summed E-state index contributed by atoms with van der Waals surface area (Å²) in [4.78, 5) is 8.37. The molecule has 7 heteroatoms. The Kier molecular flexibility index (Phi) is 5.74. The molecule has 0 amide bonds. The number of hydrogen-bond donors (Lipinski definition) is 1. The Morgan fingerprint density at radius 3 is 2.46 bits per heavy atom. The Morgan fingerprint density at radius 1 is 1.29 bits per heavy atom. The highest BCUT2D eigenvalue weighted by Gasteiger charge is 2.33. The summed E-state index contributed by atoms with van der Waals surface area (Å²) >= 11 is 0. The molecule has 2 N–H and O–H groups in total. The first-order valence-electron chi connectivity index (χ1n) is 8.05. The van der Waals surface area contributed by atoms with Crippen LogP contribution >= 0.6 is 0 Å². The van der Waals surface area contributed by atoms with Crippen LogP contribution in [0.3, 0.4) is 0 Å². The quantitative estimate of drug-likeness (QED) is 0.678. The SMILES string of the molecule is CN(C)C(N)=NC[C@@H]1CCCN(C)[C@@H]1c1ccc(C(F)(F)F)cc1. The fourth-order valence-corrected chi connectivity index (χ4v) is 3.20. The molecule has 0 saturated carbocycles. The number of alkyl halides is 3. The number of nitrogens with zero attached hydrogens (tertiary/aromatic N) is 3. The predicted molar refractivity (Wildman–Crippen MR) is 89.7 cm³/mol. The molecule has 1 aliphatic heterocycles. The minimum absolute atomic E-state index is 0.0553. The maximum absolute atomic E-state index is 12.8. The van der Waals surface area contributed by atoms with Gasteiger partial charge in [0.25, 0.3) is 0 Å². The van der Waals surface area contributed by atoms with Gasteiger partial charge in [-0.2, -0.15) is 13.2 Å². The van der Waals surface area contributed by atoms with Gasteiger partial charge in [0.2, 0.25) is 0 Å². The van der Waals surface area contributed by atoms with Crippen LogP contribution in [0.25, 0.3) is 0 Å². The van der Waals surface area contributed by atoms with Crippen LogP contribution in [-0.2, 0) is 6.18 Å². The summed E-state index contributed by atoms with van der Waals surface area (Å²) in [6.07, 6.45) is -2.27. The molecule has 1 aromatic carbocycles. The van der Waals surface area contributed by atoms with Gasteiger partial charge in [0, 0.05) is 26.7 Å². The Bertz CT molecular complexity index is 566. The van der Waals surface area contributed by atoms with Crippen LogP contribution in [0.4, 0.5) is 13.2 Å². The minimum Gasteiger partial charge on any atom is -0.370 e. The number of piperidine rings is 1. The normalized spacial score (nSPS) is 23.3. The maximum Gasteiger partial charge on any atom is 0.416 e. The molecule has 1 fully saturated rings. The standard InChI is InChI=1S/C17H25F3N4/c1-23(2)16(21)22-11-13-5-4-10-24(3)15(13)12-6-8-14(9-7-12)17(18,19)20/h6-9,13,15H,4-5,10-11H2,1-3H3,(H2,21,22)/t13-,15+/m0/s1. The predicted octanol–water partition coefficient (Wildman–Crippen LogP) is 2.96. The van der Waals surface area contributed by atoms with E-state index in [1.54, 1.807) is 17.0 Å². The van der Waals surface area contributed by atoms with Gasteiger partial charge in [0.1, 0.15) is 0 Å². The Hall–Kier alpha value is -1.76. The summed E-state index contributed by atoms with van der Waals surface area (Å²) in [6.45, 7) is 1.50. The average molecular weight is 342 g/mol. The molecular formula is C17H25F3N4. The Balaban J connectivity index is 2.21. The van der Waals surface area contributed by atoms with Gasteiger partial charge in [-0.25, -0.2) is 0 Å². The fraction of sp³-hybridized carbons (Fsp3) is 0.588. The van der Waals surface area contributed by atoms with Crippen LogP contribution in [0.2, 0.25) is 0 Å². The van der Waals surface area contributed by atoms with Crippen molar-refractivity contribution in [1.82, 2.24) is 9.80 Å². The molecule has 0 aliphatic carbocycles. The van der Waals surface area contributed by atoms with E-state index < -0.39 is 11.7 Å². The van der Waals surface area contributed by atoms with Crippen LogP contribution in [-0.4, -0.2) is 50.0 Å². The Morgan fingerprint density at radius 2 is 1.92 bits per heavy atom. The average Bonchev–Trinajstić information content (AvgIpc) is 2.51. The molecule has 1 aromatic rings. The van der Waals surface area contributed by atoms with E-state index in [0.29, 0.717) is 12.5 Å². The summed E-state index contributed by atoms with van der Waals surface area (Å²) in [5.41, 5.74) is 6.14. The number of benzene rings is 1. The molecule has 24 heavy (non-hydrogen) atoms. The summed E-state index contributed by atoms with van der Waals surface area (Å²) in [7, 11) is 5.67. The third kappa shape index (κ3) is 4.41. The summed E-state index contributed by atoms with van der Waals surface area (Å²) in [5, 5.41) is 0. The molecule has 1 heterocycles. The van der Waals surface area contributed by atoms with Gasteiger partial charge >= 0.3 is 6.18 Å². The van der Waals surface area contributed by atoms with E-state index in [4.69, 9.17) is 5.73 Å². The lowest BCUT2D eigenvalue weighted by atomic mass is 9.84. The van der Waals surface area contributed by atoms with Crippen molar-refractivity contribution >= 4 is 5.96 Å². The number of guanidine groups is 1. The largest absolute Gasteiger partial charge is 0.416 e. The smallest absolute Gasteiger partial charge is 0.370 e. The third-order valence-electron chi connectivity index (χ3n) is 4.53. The minimum atomic E-state index is -4.30. The van der Waals surface area contributed by atoms with Crippen LogP contribution < -0.4 is 5.73 Å². The highest BCUT2D eigenvalue weighted by atomic mass is 19.4. The summed E-state index contributed by atoms with van der Waals surface area (Å²) in [6, 6.07) is 5.54. The van der Waals surface area contributed by atoms with Crippen molar-refractivity contribution in [3.8, 4) is 0 Å². The molecule has 0 spiro atoms. The van der Waals surface area contributed by atoms with Crippen LogP contribution in [0, 0.1) is 5.92 Å². The number of hydrogen-bond acceptors (Lipinski definition) is 2. The van der Waals surface area contributed by atoms with Crippen LogP contribution in [0.1, 0.15) is 30.0 Å². The van der Waals surface area contributed by atoms with E-state index >= 15 is 0 Å². The molecular weight excluding hydrogens is 317 g/mol. The highest BCUT2D eigenvalue weighted by molar-refractivity contribution is 5.77. The highest BCUT2D eigenvalue weighted by Crippen LogP contribution is 2.37. The fourth-order valence-electron chi connectivity index (χ4n) is 3.20. The third-order valence-corrected chi connectivity index (χ3v) is 4.53. The molecule has 2 rings (SSSR count). The lowest BCUT2D eigenvalue weighted by Crippen LogP contribution is -2.38. The second-order valence-corrected chi connectivity index (χ2v) is 6.54. The number of aliphatic imine (C=N–C) groups is 1. The molecule has 0 aromatic heterocycles. The van der Waals surface area contributed by atoms with E-state index in [0.717, 1.165) is 37.1 Å². The zero-order chi connectivity index (χ0) is 17.9. The zero-order valence-corrected chi connectivity index (χ0v) is 14.3. The first kappa shape index (κ1) is 18.6. The van der Waals surface area contributed by atoms with E-state index in [1.807, 2.05) is 21.1 Å². The number of likely N-dealkylation sites (tertiary alicyclic amines) is 1. The van der Waals surface area contributed by atoms with Crippen molar-refractivity contribution in [3.05, 3.63) is 35.4 Å².